The number of carbonyl (C=O) groups excluding carboxylic acids is 1. The molecule has 1 aliphatic carbocycles. The largest absolute Gasteiger partial charge is 0.416 e. The van der Waals surface area contributed by atoms with Gasteiger partial charge in [-0.25, -0.2) is 0 Å². The monoisotopic (exact) mass is 285 g/mol. The van der Waals surface area contributed by atoms with Crippen LogP contribution in [0.3, 0.4) is 0 Å². The fourth-order valence-corrected chi connectivity index (χ4v) is 2.68. The van der Waals surface area contributed by atoms with E-state index in [1.807, 2.05) is 0 Å². The zero-order chi connectivity index (χ0) is 14.8. The van der Waals surface area contributed by atoms with Gasteiger partial charge in [-0.15, -0.1) is 0 Å². The minimum atomic E-state index is -4.34. The van der Waals surface area contributed by atoms with Crippen LogP contribution < -0.4 is 0 Å². The van der Waals surface area contributed by atoms with Crippen molar-refractivity contribution >= 4 is 5.91 Å². The second kappa shape index (κ2) is 5.85. The zero-order valence-corrected chi connectivity index (χ0v) is 11.4. The van der Waals surface area contributed by atoms with Crippen molar-refractivity contribution in [3.05, 3.63) is 35.4 Å². The molecule has 0 bridgehead atoms. The Morgan fingerprint density at radius 1 is 1.30 bits per heavy atom. The Morgan fingerprint density at radius 3 is 2.55 bits per heavy atom. The lowest BCUT2D eigenvalue weighted by atomic mass is 10.1. The second-order valence-corrected chi connectivity index (χ2v) is 5.37. The minimum absolute atomic E-state index is 0.0416. The number of nitrogens with zero attached hydrogens (tertiary/aromatic N) is 1. The molecule has 0 aromatic heterocycles. The van der Waals surface area contributed by atoms with E-state index in [2.05, 4.69) is 0 Å². The number of amides is 1. The third kappa shape index (κ3) is 3.52. The summed E-state index contributed by atoms with van der Waals surface area (Å²) in [5, 5.41) is 0. The van der Waals surface area contributed by atoms with Gasteiger partial charge in [-0.1, -0.05) is 25.0 Å². The number of hydrogen-bond acceptors (Lipinski definition) is 1. The Kier molecular flexibility index (Phi) is 4.35. The van der Waals surface area contributed by atoms with Gasteiger partial charge in [-0.3, -0.25) is 4.79 Å². The molecule has 0 unspecified atom stereocenters. The maximum atomic E-state index is 12.6. The highest BCUT2D eigenvalue weighted by Gasteiger charge is 2.31. The Balaban J connectivity index is 2.04. The van der Waals surface area contributed by atoms with E-state index in [1.54, 1.807) is 13.1 Å². The van der Waals surface area contributed by atoms with Crippen LogP contribution in [0, 0.1) is 5.92 Å². The Labute approximate surface area is 116 Å². The molecule has 0 atom stereocenters. The van der Waals surface area contributed by atoms with Crippen molar-refractivity contribution in [3.63, 3.8) is 0 Å². The zero-order valence-electron chi connectivity index (χ0n) is 11.4. The Morgan fingerprint density at radius 2 is 1.95 bits per heavy atom. The summed E-state index contributed by atoms with van der Waals surface area (Å²) in [6.45, 7) is 0.221. The van der Waals surface area contributed by atoms with Gasteiger partial charge in [0.2, 0.25) is 5.91 Å². The summed E-state index contributed by atoms with van der Waals surface area (Å²) in [4.78, 5) is 13.7. The predicted molar refractivity (Wildman–Crippen MR) is 69.9 cm³/mol. The van der Waals surface area contributed by atoms with Crippen molar-refractivity contribution in [3.8, 4) is 0 Å². The van der Waals surface area contributed by atoms with Crippen LogP contribution >= 0.6 is 0 Å². The molecule has 20 heavy (non-hydrogen) atoms. The quantitative estimate of drug-likeness (QED) is 0.826. The molecule has 2 rings (SSSR count). The maximum absolute atomic E-state index is 12.6. The van der Waals surface area contributed by atoms with E-state index in [0.717, 1.165) is 37.8 Å². The molecule has 2 nitrogen and oxygen atoms in total. The molecular weight excluding hydrogens is 267 g/mol. The van der Waals surface area contributed by atoms with E-state index in [1.165, 1.54) is 11.0 Å². The van der Waals surface area contributed by atoms with Gasteiger partial charge in [0.15, 0.2) is 0 Å². The predicted octanol–water partition coefficient (Wildman–Crippen LogP) is 3.85. The van der Waals surface area contributed by atoms with Crippen LogP contribution in [0.4, 0.5) is 13.2 Å². The number of benzene rings is 1. The Bertz CT molecular complexity index is 478. The van der Waals surface area contributed by atoms with Crippen LogP contribution in [0.2, 0.25) is 0 Å². The average molecular weight is 285 g/mol. The fraction of sp³-hybridized carbons (Fsp3) is 0.533. The number of carbonyl (C=O) groups is 1. The van der Waals surface area contributed by atoms with Crippen molar-refractivity contribution < 1.29 is 18.0 Å². The van der Waals surface area contributed by atoms with Crippen LogP contribution in [0.25, 0.3) is 0 Å². The SMILES string of the molecule is CN(Cc1cccc(C(F)(F)F)c1)C(=O)C1CCCC1. The van der Waals surface area contributed by atoms with Gasteiger partial charge < -0.3 is 4.90 Å². The molecule has 1 aromatic rings. The summed E-state index contributed by atoms with van der Waals surface area (Å²) < 4.78 is 37.9. The van der Waals surface area contributed by atoms with Crippen LogP contribution in [0.1, 0.15) is 36.8 Å². The molecule has 1 saturated carbocycles. The van der Waals surface area contributed by atoms with E-state index < -0.39 is 11.7 Å². The highest BCUT2D eigenvalue weighted by molar-refractivity contribution is 5.78. The van der Waals surface area contributed by atoms with Gasteiger partial charge >= 0.3 is 6.18 Å². The van der Waals surface area contributed by atoms with Crippen LogP contribution in [-0.2, 0) is 17.5 Å². The number of rotatable bonds is 3. The van der Waals surface area contributed by atoms with Gasteiger partial charge in [-0.2, -0.15) is 13.2 Å². The topological polar surface area (TPSA) is 20.3 Å². The molecule has 0 heterocycles. The maximum Gasteiger partial charge on any atom is 0.416 e. The summed E-state index contributed by atoms with van der Waals surface area (Å²) in [6, 6.07) is 5.15. The third-order valence-corrected chi connectivity index (χ3v) is 3.75. The lowest BCUT2D eigenvalue weighted by Crippen LogP contribution is -2.31. The van der Waals surface area contributed by atoms with Crippen molar-refractivity contribution in [2.75, 3.05) is 7.05 Å². The molecule has 1 aliphatic rings. The Hall–Kier alpha value is -1.52. The first kappa shape index (κ1) is 14.9. The lowest BCUT2D eigenvalue weighted by molar-refractivity contribution is -0.137. The van der Waals surface area contributed by atoms with Crippen LogP contribution in [0.5, 0.6) is 0 Å². The average Bonchev–Trinajstić information content (AvgIpc) is 2.91. The normalized spacial score (nSPS) is 16.4. The molecule has 0 aliphatic heterocycles. The van der Waals surface area contributed by atoms with Gasteiger partial charge in [0.1, 0.15) is 0 Å². The van der Waals surface area contributed by atoms with Gasteiger partial charge in [0.25, 0.3) is 0 Å². The molecule has 1 amide bonds. The second-order valence-electron chi connectivity index (χ2n) is 5.37. The molecule has 1 fully saturated rings. The van der Waals surface area contributed by atoms with E-state index in [9.17, 15) is 18.0 Å². The van der Waals surface area contributed by atoms with Crippen LogP contribution in [-0.4, -0.2) is 17.9 Å². The van der Waals surface area contributed by atoms with E-state index >= 15 is 0 Å². The highest BCUT2D eigenvalue weighted by Crippen LogP contribution is 2.30. The molecular formula is C15H18F3NO. The first-order valence-corrected chi connectivity index (χ1v) is 6.79. The first-order valence-electron chi connectivity index (χ1n) is 6.79. The third-order valence-electron chi connectivity index (χ3n) is 3.75. The fourth-order valence-electron chi connectivity index (χ4n) is 2.68. The first-order chi connectivity index (χ1) is 9.38. The number of alkyl halides is 3. The molecule has 0 spiro atoms. The molecule has 1 aromatic carbocycles. The van der Waals surface area contributed by atoms with E-state index in [-0.39, 0.29) is 18.4 Å². The minimum Gasteiger partial charge on any atom is -0.341 e. The standard InChI is InChI=1S/C15H18F3NO/c1-19(14(20)12-6-2-3-7-12)10-11-5-4-8-13(9-11)15(16,17)18/h4-5,8-9,12H,2-3,6-7,10H2,1H3. The van der Waals surface area contributed by atoms with Crippen molar-refractivity contribution in [2.24, 2.45) is 5.92 Å². The van der Waals surface area contributed by atoms with E-state index in [4.69, 9.17) is 0 Å². The summed E-state index contributed by atoms with van der Waals surface area (Å²) in [6.07, 6.45) is -0.427. The van der Waals surface area contributed by atoms with Gasteiger partial charge in [0.05, 0.1) is 5.56 Å². The smallest absolute Gasteiger partial charge is 0.341 e. The molecule has 0 saturated heterocycles. The van der Waals surface area contributed by atoms with Crippen molar-refractivity contribution in [2.45, 2.75) is 38.4 Å². The van der Waals surface area contributed by atoms with Crippen LogP contribution in [0.15, 0.2) is 24.3 Å². The molecule has 0 N–H and O–H groups in total. The number of hydrogen-bond donors (Lipinski definition) is 0. The van der Waals surface area contributed by atoms with Gasteiger partial charge in [-0.05, 0) is 30.5 Å². The highest BCUT2D eigenvalue weighted by atomic mass is 19.4. The van der Waals surface area contributed by atoms with E-state index in [0.29, 0.717) is 5.56 Å². The molecule has 5 heteroatoms. The summed E-state index contributed by atoms with van der Waals surface area (Å²) in [5.41, 5.74) is -0.162. The summed E-state index contributed by atoms with van der Waals surface area (Å²) in [7, 11) is 1.65. The van der Waals surface area contributed by atoms with Crippen molar-refractivity contribution in [1.29, 1.82) is 0 Å². The summed E-state index contributed by atoms with van der Waals surface area (Å²) in [5.74, 6) is 0.0886. The lowest BCUT2D eigenvalue weighted by Gasteiger charge is -2.21. The molecule has 0 radical (unpaired) electrons. The summed E-state index contributed by atoms with van der Waals surface area (Å²) >= 11 is 0. The van der Waals surface area contributed by atoms with Gasteiger partial charge in [0, 0.05) is 19.5 Å². The molecule has 110 valence electrons. The number of halogens is 3. The van der Waals surface area contributed by atoms with Crippen molar-refractivity contribution in [1.82, 2.24) is 4.90 Å².